The van der Waals surface area contributed by atoms with Crippen LogP contribution in [0.2, 0.25) is 0 Å². The standard InChI is InChI=1S/C25H41N5O6/c1-15(2)13-19(23(33)29-20(25(35)36)14-17-9-5-4-6-10-17)28-24(34)21(16(3)31)30-22(32)18(27)11-7-8-12-26/h4-6,9-10,15-16,18-21,31H,7-8,11-14,26-27H2,1-3H3,(H,28,34)(H,29,33)(H,30,32)(H,35,36). The Hall–Kier alpha value is -3.02. The summed E-state index contributed by atoms with van der Waals surface area (Å²) in [7, 11) is 0. The van der Waals surface area contributed by atoms with E-state index in [1.807, 2.05) is 13.8 Å². The van der Waals surface area contributed by atoms with Gasteiger partial charge in [-0.3, -0.25) is 14.4 Å². The van der Waals surface area contributed by atoms with Gasteiger partial charge in [-0.2, -0.15) is 0 Å². The predicted molar refractivity (Wildman–Crippen MR) is 136 cm³/mol. The lowest BCUT2D eigenvalue weighted by Crippen LogP contribution is -2.60. The van der Waals surface area contributed by atoms with Crippen LogP contribution in [0.5, 0.6) is 0 Å². The summed E-state index contributed by atoms with van der Waals surface area (Å²) in [5, 5.41) is 27.3. The van der Waals surface area contributed by atoms with Gasteiger partial charge in [0.25, 0.3) is 0 Å². The number of carbonyl (C=O) groups is 4. The Morgan fingerprint density at radius 2 is 1.50 bits per heavy atom. The Morgan fingerprint density at radius 3 is 2.03 bits per heavy atom. The number of hydrogen-bond donors (Lipinski definition) is 7. The second kappa shape index (κ2) is 15.9. The molecule has 0 heterocycles. The van der Waals surface area contributed by atoms with Crippen LogP contribution in [0.3, 0.4) is 0 Å². The average molecular weight is 508 g/mol. The highest BCUT2D eigenvalue weighted by Crippen LogP contribution is 2.09. The summed E-state index contributed by atoms with van der Waals surface area (Å²) in [4.78, 5) is 50.2. The molecule has 0 fully saturated rings. The molecule has 1 rings (SSSR count). The first-order valence-electron chi connectivity index (χ1n) is 12.3. The van der Waals surface area contributed by atoms with Crippen molar-refractivity contribution in [2.45, 2.75) is 83.1 Å². The van der Waals surface area contributed by atoms with Gasteiger partial charge in [0.15, 0.2) is 0 Å². The van der Waals surface area contributed by atoms with E-state index in [0.29, 0.717) is 25.8 Å². The first kappa shape index (κ1) is 31.0. The van der Waals surface area contributed by atoms with E-state index in [1.54, 1.807) is 30.3 Å². The van der Waals surface area contributed by atoms with E-state index >= 15 is 0 Å². The fourth-order valence-corrected chi connectivity index (χ4v) is 3.59. The largest absolute Gasteiger partial charge is 0.480 e. The molecule has 0 bridgehead atoms. The highest BCUT2D eigenvalue weighted by Gasteiger charge is 2.32. The monoisotopic (exact) mass is 507 g/mol. The Balaban J connectivity index is 2.92. The van der Waals surface area contributed by atoms with Gasteiger partial charge in [0, 0.05) is 6.42 Å². The summed E-state index contributed by atoms with van der Waals surface area (Å²) >= 11 is 0. The molecule has 5 unspecified atom stereocenters. The van der Waals surface area contributed by atoms with E-state index < -0.39 is 54.0 Å². The zero-order valence-electron chi connectivity index (χ0n) is 21.3. The molecule has 3 amide bonds. The molecule has 36 heavy (non-hydrogen) atoms. The summed E-state index contributed by atoms with van der Waals surface area (Å²) in [5.74, 6) is -3.28. The average Bonchev–Trinajstić information content (AvgIpc) is 2.81. The maximum atomic E-state index is 13.0. The third kappa shape index (κ3) is 11.1. The number of aliphatic hydroxyl groups excluding tert-OH is 1. The van der Waals surface area contributed by atoms with Crippen molar-refractivity contribution < 1.29 is 29.4 Å². The molecule has 0 aliphatic heterocycles. The molecular weight excluding hydrogens is 466 g/mol. The number of amides is 3. The van der Waals surface area contributed by atoms with Crippen LogP contribution < -0.4 is 27.4 Å². The summed E-state index contributed by atoms with van der Waals surface area (Å²) in [6.07, 6.45) is 0.731. The molecule has 0 spiro atoms. The van der Waals surface area contributed by atoms with Crippen LogP contribution in [0.4, 0.5) is 0 Å². The quantitative estimate of drug-likeness (QED) is 0.147. The molecule has 11 heteroatoms. The van der Waals surface area contributed by atoms with Crippen molar-refractivity contribution >= 4 is 23.7 Å². The van der Waals surface area contributed by atoms with E-state index in [4.69, 9.17) is 11.5 Å². The summed E-state index contributed by atoms with van der Waals surface area (Å²) in [5.41, 5.74) is 12.1. The molecule has 0 aromatic heterocycles. The van der Waals surface area contributed by atoms with Gasteiger partial charge in [-0.05, 0) is 44.2 Å². The van der Waals surface area contributed by atoms with Crippen LogP contribution >= 0.6 is 0 Å². The van der Waals surface area contributed by atoms with Crippen LogP contribution in [-0.4, -0.2) is 70.7 Å². The zero-order chi connectivity index (χ0) is 27.3. The minimum atomic E-state index is -1.35. The fraction of sp³-hybridized carbons (Fsp3) is 0.600. The molecule has 0 aliphatic carbocycles. The molecule has 0 saturated heterocycles. The van der Waals surface area contributed by atoms with Crippen LogP contribution in [0.15, 0.2) is 30.3 Å². The van der Waals surface area contributed by atoms with Crippen molar-refractivity contribution in [3.8, 4) is 0 Å². The molecular formula is C25H41N5O6. The van der Waals surface area contributed by atoms with Gasteiger partial charge >= 0.3 is 5.97 Å². The van der Waals surface area contributed by atoms with Gasteiger partial charge in [0.2, 0.25) is 17.7 Å². The number of carboxylic acid groups (broad SMARTS) is 1. The van der Waals surface area contributed by atoms with Crippen molar-refractivity contribution in [1.82, 2.24) is 16.0 Å². The molecule has 0 aliphatic rings. The highest BCUT2D eigenvalue weighted by atomic mass is 16.4. The number of nitrogens with one attached hydrogen (secondary N) is 3. The highest BCUT2D eigenvalue weighted by molar-refractivity contribution is 5.94. The van der Waals surface area contributed by atoms with Crippen molar-refractivity contribution in [2.24, 2.45) is 17.4 Å². The molecule has 5 atom stereocenters. The minimum Gasteiger partial charge on any atom is -0.480 e. The van der Waals surface area contributed by atoms with Gasteiger partial charge in [-0.1, -0.05) is 50.6 Å². The second-order valence-electron chi connectivity index (χ2n) is 9.40. The second-order valence-corrected chi connectivity index (χ2v) is 9.40. The topological polar surface area (TPSA) is 197 Å². The van der Waals surface area contributed by atoms with Crippen LogP contribution in [0, 0.1) is 5.92 Å². The number of rotatable bonds is 16. The zero-order valence-corrected chi connectivity index (χ0v) is 21.3. The fourth-order valence-electron chi connectivity index (χ4n) is 3.59. The van der Waals surface area contributed by atoms with Crippen molar-refractivity contribution in [3.63, 3.8) is 0 Å². The number of hydrogen-bond acceptors (Lipinski definition) is 7. The van der Waals surface area contributed by atoms with Gasteiger partial charge in [-0.25, -0.2) is 4.79 Å². The number of benzene rings is 1. The van der Waals surface area contributed by atoms with E-state index in [2.05, 4.69) is 16.0 Å². The third-order valence-corrected chi connectivity index (χ3v) is 5.61. The smallest absolute Gasteiger partial charge is 0.326 e. The first-order chi connectivity index (χ1) is 17.0. The maximum Gasteiger partial charge on any atom is 0.326 e. The van der Waals surface area contributed by atoms with Crippen LogP contribution in [0.1, 0.15) is 52.0 Å². The molecule has 9 N–H and O–H groups in total. The molecule has 0 saturated carbocycles. The van der Waals surface area contributed by atoms with Crippen molar-refractivity contribution in [1.29, 1.82) is 0 Å². The Kier molecular flexibility index (Phi) is 13.7. The summed E-state index contributed by atoms with van der Waals surface area (Å²) in [6.45, 7) is 5.50. The SMILES string of the molecule is CC(C)CC(NC(=O)C(NC(=O)C(N)CCCCN)C(C)O)C(=O)NC(Cc1ccccc1)C(=O)O. The third-order valence-electron chi connectivity index (χ3n) is 5.61. The Bertz CT molecular complexity index is 849. The number of nitrogens with two attached hydrogens (primary N) is 2. The normalized spacial score (nSPS) is 15.3. The molecule has 202 valence electrons. The number of aliphatic carboxylic acids is 1. The summed E-state index contributed by atoms with van der Waals surface area (Å²) < 4.78 is 0. The van der Waals surface area contributed by atoms with Crippen molar-refractivity contribution in [3.05, 3.63) is 35.9 Å². The number of aliphatic hydroxyl groups is 1. The lowest BCUT2D eigenvalue weighted by atomic mass is 10.0. The van der Waals surface area contributed by atoms with Crippen LogP contribution in [0.25, 0.3) is 0 Å². The molecule has 11 nitrogen and oxygen atoms in total. The lowest BCUT2D eigenvalue weighted by molar-refractivity contribution is -0.142. The lowest BCUT2D eigenvalue weighted by Gasteiger charge is -2.27. The Labute approximate surface area is 212 Å². The van der Waals surface area contributed by atoms with Gasteiger partial charge in [0.1, 0.15) is 18.1 Å². The number of carbonyl (C=O) groups excluding carboxylic acids is 3. The number of carboxylic acids is 1. The molecule has 1 aromatic rings. The predicted octanol–water partition coefficient (Wildman–Crippen LogP) is -0.349. The molecule has 1 aromatic carbocycles. The van der Waals surface area contributed by atoms with E-state index in [1.165, 1.54) is 6.92 Å². The Morgan fingerprint density at radius 1 is 0.889 bits per heavy atom. The first-order valence-corrected chi connectivity index (χ1v) is 12.3. The van der Waals surface area contributed by atoms with Crippen LogP contribution in [-0.2, 0) is 25.6 Å². The van der Waals surface area contributed by atoms with Gasteiger partial charge in [-0.15, -0.1) is 0 Å². The summed E-state index contributed by atoms with van der Waals surface area (Å²) in [6, 6.07) is 4.35. The van der Waals surface area contributed by atoms with Gasteiger partial charge in [0.05, 0.1) is 12.1 Å². The van der Waals surface area contributed by atoms with Gasteiger partial charge < -0.3 is 37.6 Å². The molecule has 0 radical (unpaired) electrons. The van der Waals surface area contributed by atoms with Crippen molar-refractivity contribution in [2.75, 3.05) is 6.54 Å². The van der Waals surface area contributed by atoms with E-state index in [0.717, 1.165) is 5.56 Å². The van der Waals surface area contributed by atoms with E-state index in [9.17, 15) is 29.4 Å². The minimum absolute atomic E-state index is 0.0194. The number of unbranched alkanes of at least 4 members (excludes halogenated alkanes) is 1. The van der Waals surface area contributed by atoms with E-state index in [-0.39, 0.29) is 18.8 Å². The maximum absolute atomic E-state index is 13.0.